The van der Waals surface area contributed by atoms with Crippen molar-refractivity contribution < 1.29 is 43.6 Å². The average molecular weight is 967 g/mol. The Kier molecular flexibility index (Phi) is 21.2. The summed E-state index contributed by atoms with van der Waals surface area (Å²) in [5.74, 6) is 1.11. The van der Waals surface area contributed by atoms with Crippen LogP contribution in [0.2, 0.25) is 0 Å². The zero-order chi connectivity index (χ0) is 49.9. The van der Waals surface area contributed by atoms with E-state index in [0.29, 0.717) is 121 Å². The maximum atomic E-state index is 14.1. The molecule has 7 N–H and O–H groups in total. The number of anilines is 3. The van der Waals surface area contributed by atoms with Gasteiger partial charge in [-0.25, -0.2) is 9.36 Å². The zero-order valence-corrected chi connectivity index (χ0v) is 40.3. The molecule has 2 saturated heterocycles. The highest BCUT2D eigenvalue weighted by molar-refractivity contribution is 5.82. The van der Waals surface area contributed by atoms with Gasteiger partial charge in [0, 0.05) is 71.7 Å². The van der Waals surface area contributed by atoms with Gasteiger partial charge in [-0.2, -0.15) is 15.0 Å². The largest absolute Gasteiger partial charge is 0.481 e. The number of carboxylic acid groups (broad SMARTS) is 2. The molecule has 0 saturated carbocycles. The number of nitrogens with zero attached hydrogens (tertiary/aromatic N) is 13. The van der Waals surface area contributed by atoms with Crippen LogP contribution in [0.15, 0.2) is 12.4 Å². The van der Waals surface area contributed by atoms with Gasteiger partial charge in [0.25, 0.3) is 0 Å². The first-order valence-electron chi connectivity index (χ1n) is 23.8. The first-order valence-corrected chi connectivity index (χ1v) is 23.8. The molecule has 5 heterocycles. The quantitative estimate of drug-likeness (QED) is 0.0473. The van der Waals surface area contributed by atoms with Crippen LogP contribution in [0.1, 0.15) is 102 Å². The van der Waals surface area contributed by atoms with Crippen LogP contribution >= 0.6 is 0 Å². The van der Waals surface area contributed by atoms with Crippen LogP contribution in [-0.2, 0) is 33.4 Å². The third kappa shape index (κ3) is 15.7. The van der Waals surface area contributed by atoms with Crippen molar-refractivity contribution >= 4 is 41.6 Å². The van der Waals surface area contributed by atoms with Crippen molar-refractivity contribution in [1.82, 2.24) is 54.7 Å². The first-order chi connectivity index (χ1) is 33.2. The maximum Gasteiger partial charge on any atom is 0.303 e. The maximum absolute atomic E-state index is 14.1. The number of hydrogen-bond donors (Lipinski definition) is 5. The molecule has 380 valence electrons. The lowest BCUT2D eigenvalue weighted by Gasteiger charge is -2.38. The number of aliphatic carboxylic acids is 2. The van der Waals surface area contributed by atoms with Crippen LogP contribution in [0.5, 0.6) is 0 Å². The second-order valence-corrected chi connectivity index (χ2v) is 17.3. The molecular weight excluding hydrogens is 897 g/mol. The molecule has 3 aromatic heterocycles. The smallest absolute Gasteiger partial charge is 0.303 e. The number of carbonyl (C=O) groups excluding carboxylic acids is 2. The van der Waals surface area contributed by atoms with Crippen LogP contribution in [0.25, 0.3) is 0 Å². The van der Waals surface area contributed by atoms with E-state index in [1.807, 2.05) is 37.5 Å². The Balaban J connectivity index is 1.27. The standard InChI is InChI=1S/C44H70N16O9/c1-6-22-67-24-26-69-27-25-68-23-13-47-42-48-43(57-18-14-55(15-19-57)40(65)34(9-11-36(61)62)59-28-32(51-53-59)38(45)30(4)7-2)50-44(49-42)58-20-16-56(17-21-58)41(66)35(10-12-37(63)64)60-29-33(52-54-60)39(46)31(5)8-3/h1,28-31,34-35,38-39H,7-27,45-46H2,2-5H3,(H,61,62)(H,63,64)(H,47,48,49,50)/t30-,31-,34+,35+,38?,39?/m1/s1. The SMILES string of the molecule is C#CCOCCOCCOCCNc1nc(N2CCN(C(=O)[C@H](CCC(=O)O)n3cc(C(N)[C@H](C)CC)nn3)CC2)nc(N2CCN(C(=O)[C@H](CCC(=O)O)n3cc(C(N)[C@H](C)CC)nn3)CC2)n1. The van der Waals surface area contributed by atoms with Crippen molar-refractivity contribution in [2.24, 2.45) is 23.3 Å². The van der Waals surface area contributed by atoms with Gasteiger partial charge in [-0.15, -0.1) is 16.6 Å². The summed E-state index contributed by atoms with van der Waals surface area (Å²) in [6, 6.07) is -2.55. The normalized spacial score (nSPS) is 16.9. The second-order valence-electron chi connectivity index (χ2n) is 17.3. The van der Waals surface area contributed by atoms with Crippen LogP contribution in [0.3, 0.4) is 0 Å². The number of nitrogens with two attached hydrogens (primary N) is 2. The molecule has 25 nitrogen and oxygen atoms in total. The van der Waals surface area contributed by atoms with E-state index in [4.69, 9.17) is 47.1 Å². The van der Waals surface area contributed by atoms with Gasteiger partial charge in [0.2, 0.25) is 29.7 Å². The number of nitrogens with one attached hydrogen (secondary N) is 1. The fourth-order valence-corrected chi connectivity index (χ4v) is 7.74. The summed E-state index contributed by atoms with van der Waals surface area (Å²) in [7, 11) is 0. The number of rotatable bonds is 29. The molecule has 3 aromatic rings. The van der Waals surface area contributed by atoms with E-state index in [1.165, 1.54) is 9.36 Å². The van der Waals surface area contributed by atoms with Crippen LogP contribution < -0.4 is 26.6 Å². The predicted molar refractivity (Wildman–Crippen MR) is 252 cm³/mol. The van der Waals surface area contributed by atoms with Crippen molar-refractivity contribution in [3.05, 3.63) is 23.8 Å². The Morgan fingerprint density at radius 3 is 1.51 bits per heavy atom. The van der Waals surface area contributed by atoms with E-state index in [0.717, 1.165) is 12.8 Å². The lowest BCUT2D eigenvalue weighted by atomic mass is 9.98. The summed E-state index contributed by atoms with van der Waals surface area (Å²) < 4.78 is 19.3. The van der Waals surface area contributed by atoms with Crippen molar-refractivity contribution in [1.29, 1.82) is 0 Å². The summed E-state index contributed by atoms with van der Waals surface area (Å²) in [5, 5.41) is 39.2. The molecule has 2 fully saturated rings. The third-order valence-electron chi connectivity index (χ3n) is 12.5. The van der Waals surface area contributed by atoms with Crippen molar-refractivity contribution in [2.75, 3.05) is 114 Å². The van der Waals surface area contributed by atoms with E-state index in [2.05, 4.69) is 31.9 Å². The molecule has 69 heavy (non-hydrogen) atoms. The Labute approximate surface area is 402 Å². The molecule has 6 atom stereocenters. The number of piperazine rings is 2. The van der Waals surface area contributed by atoms with E-state index in [1.54, 1.807) is 22.2 Å². The van der Waals surface area contributed by atoms with E-state index >= 15 is 0 Å². The van der Waals surface area contributed by atoms with E-state index in [9.17, 15) is 29.4 Å². The summed E-state index contributed by atoms with van der Waals surface area (Å²) in [5.41, 5.74) is 13.9. The fourth-order valence-electron chi connectivity index (χ4n) is 7.74. The first kappa shape index (κ1) is 53.9. The van der Waals surface area contributed by atoms with Gasteiger partial charge >= 0.3 is 11.9 Å². The van der Waals surface area contributed by atoms with E-state index in [-0.39, 0.29) is 68.0 Å². The van der Waals surface area contributed by atoms with Crippen LogP contribution in [0.4, 0.5) is 17.8 Å². The van der Waals surface area contributed by atoms with Gasteiger partial charge in [0.15, 0.2) is 0 Å². The molecule has 0 radical (unpaired) electrons. The van der Waals surface area contributed by atoms with Gasteiger partial charge in [-0.3, -0.25) is 19.2 Å². The summed E-state index contributed by atoms with van der Waals surface area (Å²) in [6.07, 6.45) is 9.70. The highest BCUT2D eigenvalue weighted by Gasteiger charge is 2.34. The summed E-state index contributed by atoms with van der Waals surface area (Å²) in [6.45, 7) is 13.2. The minimum absolute atomic E-state index is 0.0246. The molecule has 2 aliphatic rings. The lowest BCUT2D eigenvalue weighted by Crippen LogP contribution is -2.52. The van der Waals surface area contributed by atoms with Gasteiger partial charge in [0.05, 0.1) is 68.9 Å². The monoisotopic (exact) mass is 967 g/mol. The molecule has 2 unspecified atom stereocenters. The van der Waals surface area contributed by atoms with Gasteiger partial charge in [0.1, 0.15) is 18.7 Å². The number of hydrogen-bond acceptors (Lipinski definition) is 19. The Hall–Kier alpha value is -6.07. The second kappa shape index (κ2) is 27.2. The van der Waals surface area contributed by atoms with Crippen LogP contribution in [0, 0.1) is 24.2 Å². The fraction of sp³-hybridized carbons (Fsp3) is 0.705. The number of terminal acetylenes is 1. The van der Waals surface area contributed by atoms with Gasteiger partial charge < -0.3 is 60.8 Å². The number of carboxylic acids is 2. The summed E-state index contributed by atoms with van der Waals surface area (Å²) in [4.78, 5) is 73.2. The molecular formula is C44H70N16O9. The number of carbonyl (C=O) groups is 4. The lowest BCUT2D eigenvalue weighted by molar-refractivity contribution is -0.140. The number of amides is 2. The highest BCUT2D eigenvalue weighted by atomic mass is 16.5. The van der Waals surface area contributed by atoms with Crippen LogP contribution in [-0.4, -0.2) is 187 Å². The topological polar surface area (TPSA) is 314 Å². The zero-order valence-electron chi connectivity index (χ0n) is 40.3. The Bertz CT molecular complexity index is 2010. The molecule has 0 spiro atoms. The number of aromatic nitrogens is 9. The molecule has 0 bridgehead atoms. The minimum atomic E-state index is -1.03. The highest BCUT2D eigenvalue weighted by Crippen LogP contribution is 2.27. The van der Waals surface area contributed by atoms with Crippen molar-refractivity contribution in [3.63, 3.8) is 0 Å². The third-order valence-corrected chi connectivity index (χ3v) is 12.5. The number of ether oxygens (including phenoxy) is 3. The predicted octanol–water partition coefficient (Wildman–Crippen LogP) is 0.751. The Morgan fingerprint density at radius 1 is 0.681 bits per heavy atom. The Morgan fingerprint density at radius 2 is 1.10 bits per heavy atom. The molecule has 2 aliphatic heterocycles. The van der Waals surface area contributed by atoms with Gasteiger partial charge in [-0.05, 0) is 24.7 Å². The van der Waals surface area contributed by atoms with Crippen molar-refractivity contribution in [3.8, 4) is 12.3 Å². The summed E-state index contributed by atoms with van der Waals surface area (Å²) >= 11 is 0. The molecule has 5 rings (SSSR count). The minimum Gasteiger partial charge on any atom is -0.481 e. The van der Waals surface area contributed by atoms with Gasteiger partial charge in [-0.1, -0.05) is 56.9 Å². The van der Waals surface area contributed by atoms with Crippen molar-refractivity contribution in [2.45, 2.75) is 90.4 Å². The molecule has 25 heteroatoms. The van der Waals surface area contributed by atoms with E-state index < -0.39 is 24.0 Å². The molecule has 0 aromatic carbocycles. The molecule has 0 aliphatic carbocycles. The molecule has 2 amide bonds. The average Bonchev–Trinajstić information content (AvgIpc) is 4.06.